The molecule has 0 saturated carbocycles. The summed E-state index contributed by atoms with van der Waals surface area (Å²) < 4.78 is 1.84. The summed E-state index contributed by atoms with van der Waals surface area (Å²) >= 11 is 0. The maximum atomic E-state index is 12.7. The fourth-order valence-electron chi connectivity index (χ4n) is 2.99. The van der Waals surface area contributed by atoms with Gasteiger partial charge >= 0.3 is 0 Å². The van der Waals surface area contributed by atoms with E-state index in [0.29, 0.717) is 11.5 Å². The summed E-state index contributed by atoms with van der Waals surface area (Å²) in [5.41, 5.74) is 0.987. The van der Waals surface area contributed by atoms with Crippen LogP contribution in [-0.2, 0) is 7.05 Å². The van der Waals surface area contributed by atoms with E-state index in [-0.39, 0.29) is 11.3 Å². The Kier molecular flexibility index (Phi) is 5.40. The zero-order valence-corrected chi connectivity index (χ0v) is 14.1. The molecule has 1 aliphatic heterocycles. The molecule has 0 unspecified atom stereocenters. The smallest absolute Gasteiger partial charge is 0.259 e. The number of hydrogen-bond acceptors (Lipinski definition) is 3. The standard InChI is InChI=1S/C17H27N3O2/c1-13-10-16(21)15(12-19(13)4)17(22)20-8-5-6-14(11-20)7-9-18(2)3/h10,12,14H,5-9,11H2,1-4H3/t14-/m1/s1. The number of likely N-dealkylation sites (tertiary alicyclic amines) is 1. The third-order valence-electron chi connectivity index (χ3n) is 4.51. The highest BCUT2D eigenvalue weighted by molar-refractivity contribution is 5.93. The second-order valence-electron chi connectivity index (χ2n) is 6.66. The molecular formula is C17H27N3O2. The van der Waals surface area contributed by atoms with Gasteiger partial charge in [0.05, 0.1) is 0 Å². The molecule has 1 aromatic heterocycles. The van der Waals surface area contributed by atoms with Crippen LogP contribution in [0.2, 0.25) is 0 Å². The molecule has 2 rings (SSSR count). The molecule has 1 saturated heterocycles. The molecule has 0 spiro atoms. The molecule has 5 nitrogen and oxygen atoms in total. The minimum Gasteiger partial charge on any atom is -0.354 e. The highest BCUT2D eigenvalue weighted by atomic mass is 16.2. The van der Waals surface area contributed by atoms with Crippen LogP contribution < -0.4 is 5.43 Å². The van der Waals surface area contributed by atoms with Crippen molar-refractivity contribution in [1.82, 2.24) is 14.4 Å². The van der Waals surface area contributed by atoms with Gasteiger partial charge in [0.1, 0.15) is 5.56 Å². The molecule has 2 heterocycles. The fraction of sp³-hybridized carbons (Fsp3) is 0.647. The average molecular weight is 305 g/mol. The lowest BCUT2D eigenvalue weighted by molar-refractivity contribution is 0.0661. The number of pyridine rings is 1. The normalized spacial score (nSPS) is 18.8. The summed E-state index contributed by atoms with van der Waals surface area (Å²) in [6, 6.07) is 1.54. The van der Waals surface area contributed by atoms with Crippen molar-refractivity contribution < 1.29 is 4.79 Å². The number of piperidine rings is 1. The molecule has 1 aromatic rings. The SMILES string of the molecule is Cc1cc(=O)c(C(=O)N2CCC[C@H](CCN(C)C)C2)cn1C. The third kappa shape index (κ3) is 3.97. The highest BCUT2D eigenvalue weighted by Crippen LogP contribution is 2.21. The number of carbonyl (C=O) groups is 1. The second-order valence-corrected chi connectivity index (χ2v) is 6.66. The van der Waals surface area contributed by atoms with Crippen LogP contribution in [0.3, 0.4) is 0 Å². The van der Waals surface area contributed by atoms with Gasteiger partial charge in [-0.2, -0.15) is 0 Å². The Balaban J connectivity index is 2.09. The van der Waals surface area contributed by atoms with Crippen molar-refractivity contribution in [2.75, 3.05) is 33.7 Å². The lowest BCUT2D eigenvalue weighted by atomic mass is 9.94. The van der Waals surface area contributed by atoms with Crippen molar-refractivity contribution in [3.63, 3.8) is 0 Å². The zero-order chi connectivity index (χ0) is 16.3. The Morgan fingerprint density at radius 2 is 2.14 bits per heavy atom. The van der Waals surface area contributed by atoms with Crippen molar-refractivity contribution >= 4 is 5.91 Å². The maximum absolute atomic E-state index is 12.7. The monoisotopic (exact) mass is 305 g/mol. The minimum atomic E-state index is -0.170. The molecule has 1 aliphatic rings. The summed E-state index contributed by atoms with van der Waals surface area (Å²) in [4.78, 5) is 28.8. The molecule has 1 amide bonds. The van der Waals surface area contributed by atoms with Gasteiger partial charge in [0.15, 0.2) is 5.43 Å². The van der Waals surface area contributed by atoms with Gasteiger partial charge in [0, 0.05) is 38.1 Å². The first-order chi connectivity index (χ1) is 10.4. The number of aryl methyl sites for hydroxylation is 2. The summed E-state index contributed by atoms with van der Waals surface area (Å²) in [5, 5.41) is 0. The van der Waals surface area contributed by atoms with Gasteiger partial charge in [-0.25, -0.2) is 0 Å². The number of rotatable bonds is 4. The minimum absolute atomic E-state index is 0.116. The predicted octanol–water partition coefficient (Wildman–Crippen LogP) is 1.50. The van der Waals surface area contributed by atoms with Gasteiger partial charge in [-0.3, -0.25) is 9.59 Å². The number of hydrogen-bond donors (Lipinski definition) is 0. The van der Waals surface area contributed by atoms with Gasteiger partial charge in [-0.05, 0) is 52.7 Å². The Bertz CT molecular complexity index is 592. The molecule has 122 valence electrons. The maximum Gasteiger partial charge on any atom is 0.259 e. The van der Waals surface area contributed by atoms with Gasteiger partial charge in [0.2, 0.25) is 0 Å². The van der Waals surface area contributed by atoms with Crippen LogP contribution >= 0.6 is 0 Å². The van der Waals surface area contributed by atoms with E-state index in [2.05, 4.69) is 19.0 Å². The van der Waals surface area contributed by atoms with E-state index in [0.717, 1.165) is 38.2 Å². The van der Waals surface area contributed by atoms with Gasteiger partial charge < -0.3 is 14.4 Å². The first-order valence-corrected chi connectivity index (χ1v) is 7.99. The first kappa shape index (κ1) is 16.7. The average Bonchev–Trinajstić information content (AvgIpc) is 2.48. The van der Waals surface area contributed by atoms with Gasteiger partial charge in [-0.15, -0.1) is 0 Å². The first-order valence-electron chi connectivity index (χ1n) is 7.99. The van der Waals surface area contributed by atoms with Gasteiger partial charge in [0.25, 0.3) is 5.91 Å². The molecule has 1 atom stereocenters. The fourth-order valence-corrected chi connectivity index (χ4v) is 2.99. The lowest BCUT2D eigenvalue weighted by Gasteiger charge is -2.33. The van der Waals surface area contributed by atoms with E-state index in [9.17, 15) is 9.59 Å². The number of amides is 1. The Hall–Kier alpha value is -1.62. The molecule has 0 radical (unpaired) electrons. The summed E-state index contributed by atoms with van der Waals surface area (Å²) in [7, 11) is 6.01. The van der Waals surface area contributed by atoms with Crippen molar-refractivity contribution in [2.24, 2.45) is 13.0 Å². The highest BCUT2D eigenvalue weighted by Gasteiger charge is 2.26. The summed E-state index contributed by atoms with van der Waals surface area (Å²) in [6.45, 7) is 4.44. The van der Waals surface area contributed by atoms with Crippen LogP contribution in [0, 0.1) is 12.8 Å². The topological polar surface area (TPSA) is 45.6 Å². The number of nitrogens with zero attached hydrogens (tertiary/aromatic N) is 3. The molecule has 5 heteroatoms. The Labute approximate surface area is 132 Å². The molecular weight excluding hydrogens is 278 g/mol. The van der Waals surface area contributed by atoms with Crippen molar-refractivity contribution in [2.45, 2.75) is 26.2 Å². The molecule has 0 aromatic carbocycles. The van der Waals surface area contributed by atoms with Crippen LogP contribution in [0.25, 0.3) is 0 Å². The molecule has 1 fully saturated rings. The number of carbonyl (C=O) groups excluding carboxylic acids is 1. The molecule has 22 heavy (non-hydrogen) atoms. The van der Waals surface area contributed by atoms with Crippen LogP contribution in [0.15, 0.2) is 17.1 Å². The van der Waals surface area contributed by atoms with Crippen molar-refractivity contribution in [3.05, 3.63) is 33.7 Å². The van der Waals surface area contributed by atoms with Crippen molar-refractivity contribution in [1.29, 1.82) is 0 Å². The zero-order valence-electron chi connectivity index (χ0n) is 14.1. The molecule has 0 N–H and O–H groups in total. The number of aromatic nitrogens is 1. The van der Waals surface area contributed by atoms with E-state index in [1.807, 2.05) is 23.4 Å². The largest absolute Gasteiger partial charge is 0.354 e. The van der Waals surface area contributed by atoms with Crippen molar-refractivity contribution in [3.8, 4) is 0 Å². The van der Waals surface area contributed by atoms with E-state index in [4.69, 9.17) is 0 Å². The van der Waals surface area contributed by atoms with E-state index in [1.165, 1.54) is 6.42 Å². The molecule has 0 bridgehead atoms. The second kappa shape index (κ2) is 7.09. The van der Waals surface area contributed by atoms with E-state index < -0.39 is 0 Å². The Morgan fingerprint density at radius 3 is 2.82 bits per heavy atom. The van der Waals surface area contributed by atoms with E-state index in [1.54, 1.807) is 12.3 Å². The van der Waals surface area contributed by atoms with Crippen LogP contribution in [0.4, 0.5) is 0 Å². The third-order valence-corrected chi connectivity index (χ3v) is 4.51. The summed E-state index contributed by atoms with van der Waals surface area (Å²) in [6.07, 6.45) is 4.96. The van der Waals surface area contributed by atoms with Crippen LogP contribution in [0.5, 0.6) is 0 Å². The summed E-state index contributed by atoms with van der Waals surface area (Å²) in [5.74, 6) is 0.421. The van der Waals surface area contributed by atoms with Gasteiger partial charge in [-0.1, -0.05) is 0 Å². The van der Waals surface area contributed by atoms with E-state index >= 15 is 0 Å². The Morgan fingerprint density at radius 1 is 1.41 bits per heavy atom. The van der Waals surface area contributed by atoms with Crippen LogP contribution in [0.1, 0.15) is 35.3 Å². The lowest BCUT2D eigenvalue weighted by Crippen LogP contribution is -2.42. The molecule has 0 aliphatic carbocycles. The quantitative estimate of drug-likeness (QED) is 0.847. The van der Waals surface area contributed by atoms with Crippen LogP contribution in [-0.4, -0.2) is 54.0 Å². The predicted molar refractivity (Wildman–Crippen MR) is 88.2 cm³/mol.